The minimum atomic E-state index is 0.615. The standard InChI is InChI=1S/C16H21N3/c1-19(13-14-6-9-18-10-7-14)11-8-15-4-2-3-5-16(15)12-17/h2-7,9-10H,8,11-13,17H2,1H3. The number of hydrogen-bond donors (Lipinski definition) is 1. The van der Waals surface area contributed by atoms with Gasteiger partial charge in [-0.2, -0.15) is 0 Å². The zero-order valence-electron chi connectivity index (χ0n) is 11.4. The second-order valence-corrected chi connectivity index (χ2v) is 4.82. The average Bonchev–Trinajstić information content (AvgIpc) is 2.46. The van der Waals surface area contributed by atoms with Crippen LogP contribution in [-0.4, -0.2) is 23.5 Å². The van der Waals surface area contributed by atoms with E-state index >= 15 is 0 Å². The zero-order chi connectivity index (χ0) is 13.5. The van der Waals surface area contributed by atoms with E-state index in [1.54, 1.807) is 0 Å². The number of nitrogens with zero attached hydrogens (tertiary/aromatic N) is 2. The van der Waals surface area contributed by atoms with Gasteiger partial charge in [-0.25, -0.2) is 0 Å². The molecule has 2 aromatic rings. The Kier molecular flexibility index (Phi) is 5.07. The van der Waals surface area contributed by atoms with Crippen LogP contribution in [0.2, 0.25) is 0 Å². The summed E-state index contributed by atoms with van der Waals surface area (Å²) in [5.41, 5.74) is 9.66. The topological polar surface area (TPSA) is 42.1 Å². The maximum Gasteiger partial charge on any atom is 0.0271 e. The highest BCUT2D eigenvalue weighted by atomic mass is 15.1. The Bertz CT molecular complexity index is 496. The highest BCUT2D eigenvalue weighted by molar-refractivity contribution is 5.27. The maximum atomic E-state index is 5.76. The molecule has 0 radical (unpaired) electrons. The molecule has 0 aliphatic rings. The molecule has 2 rings (SSSR count). The lowest BCUT2D eigenvalue weighted by molar-refractivity contribution is 0.331. The quantitative estimate of drug-likeness (QED) is 0.860. The van der Waals surface area contributed by atoms with Gasteiger partial charge < -0.3 is 10.6 Å². The molecular formula is C16H21N3. The van der Waals surface area contributed by atoms with Gasteiger partial charge in [0.1, 0.15) is 0 Å². The van der Waals surface area contributed by atoms with Gasteiger partial charge in [0.05, 0.1) is 0 Å². The highest BCUT2D eigenvalue weighted by Gasteiger charge is 2.03. The number of rotatable bonds is 6. The largest absolute Gasteiger partial charge is 0.326 e. The van der Waals surface area contributed by atoms with Crippen LogP contribution in [-0.2, 0) is 19.5 Å². The lowest BCUT2D eigenvalue weighted by Crippen LogP contribution is -2.21. The Labute approximate surface area is 115 Å². The molecule has 0 saturated heterocycles. The zero-order valence-corrected chi connectivity index (χ0v) is 11.4. The fourth-order valence-corrected chi connectivity index (χ4v) is 2.19. The van der Waals surface area contributed by atoms with Crippen LogP contribution in [0.5, 0.6) is 0 Å². The lowest BCUT2D eigenvalue weighted by Gasteiger charge is -2.17. The minimum Gasteiger partial charge on any atom is -0.326 e. The number of likely N-dealkylation sites (N-methyl/N-ethyl adjacent to an activating group) is 1. The first-order valence-corrected chi connectivity index (χ1v) is 6.64. The van der Waals surface area contributed by atoms with Crippen LogP contribution >= 0.6 is 0 Å². The van der Waals surface area contributed by atoms with E-state index in [1.807, 2.05) is 18.5 Å². The van der Waals surface area contributed by atoms with Crippen molar-refractivity contribution in [2.45, 2.75) is 19.5 Å². The monoisotopic (exact) mass is 255 g/mol. The first-order chi connectivity index (χ1) is 9.29. The summed E-state index contributed by atoms with van der Waals surface area (Å²) in [6, 6.07) is 12.5. The summed E-state index contributed by atoms with van der Waals surface area (Å²) in [4.78, 5) is 6.36. The molecule has 0 saturated carbocycles. The molecule has 3 nitrogen and oxygen atoms in total. The van der Waals surface area contributed by atoms with Crippen LogP contribution in [0.15, 0.2) is 48.8 Å². The van der Waals surface area contributed by atoms with Gasteiger partial charge in [0.15, 0.2) is 0 Å². The Hall–Kier alpha value is -1.71. The summed E-state index contributed by atoms with van der Waals surface area (Å²) >= 11 is 0. The summed E-state index contributed by atoms with van der Waals surface area (Å²) in [7, 11) is 2.14. The average molecular weight is 255 g/mol. The molecule has 1 aromatic carbocycles. The van der Waals surface area contributed by atoms with Gasteiger partial charge in [-0.1, -0.05) is 24.3 Å². The van der Waals surface area contributed by atoms with Crippen molar-refractivity contribution >= 4 is 0 Å². The summed E-state index contributed by atoms with van der Waals surface area (Å²) in [5, 5.41) is 0. The first kappa shape index (κ1) is 13.7. The Balaban J connectivity index is 1.88. The van der Waals surface area contributed by atoms with Crippen molar-refractivity contribution in [3.63, 3.8) is 0 Å². The number of aromatic nitrogens is 1. The van der Waals surface area contributed by atoms with Crippen LogP contribution < -0.4 is 5.73 Å². The molecule has 0 unspecified atom stereocenters. The van der Waals surface area contributed by atoms with E-state index in [0.717, 1.165) is 19.5 Å². The maximum absolute atomic E-state index is 5.76. The summed E-state index contributed by atoms with van der Waals surface area (Å²) in [6.45, 7) is 2.59. The third-order valence-electron chi connectivity index (χ3n) is 3.30. The molecule has 2 N–H and O–H groups in total. The third-order valence-corrected chi connectivity index (χ3v) is 3.30. The second-order valence-electron chi connectivity index (χ2n) is 4.82. The molecular weight excluding hydrogens is 234 g/mol. The fourth-order valence-electron chi connectivity index (χ4n) is 2.19. The summed E-state index contributed by atoms with van der Waals surface area (Å²) in [5.74, 6) is 0. The van der Waals surface area contributed by atoms with E-state index in [1.165, 1.54) is 16.7 Å². The van der Waals surface area contributed by atoms with Crippen molar-refractivity contribution in [1.82, 2.24) is 9.88 Å². The van der Waals surface area contributed by atoms with Crippen molar-refractivity contribution in [1.29, 1.82) is 0 Å². The fraction of sp³-hybridized carbons (Fsp3) is 0.312. The van der Waals surface area contributed by atoms with Crippen molar-refractivity contribution < 1.29 is 0 Å². The minimum absolute atomic E-state index is 0.615. The van der Waals surface area contributed by atoms with Crippen LogP contribution in [0.3, 0.4) is 0 Å². The van der Waals surface area contributed by atoms with E-state index in [4.69, 9.17) is 5.73 Å². The van der Waals surface area contributed by atoms with E-state index < -0.39 is 0 Å². The van der Waals surface area contributed by atoms with Crippen LogP contribution in [0.1, 0.15) is 16.7 Å². The van der Waals surface area contributed by atoms with Crippen molar-refractivity contribution in [2.75, 3.05) is 13.6 Å². The van der Waals surface area contributed by atoms with Gasteiger partial charge in [-0.3, -0.25) is 4.98 Å². The molecule has 1 heterocycles. The Morgan fingerprint density at radius 1 is 1.05 bits per heavy atom. The van der Waals surface area contributed by atoms with Crippen molar-refractivity contribution in [3.8, 4) is 0 Å². The lowest BCUT2D eigenvalue weighted by atomic mass is 10.0. The summed E-state index contributed by atoms with van der Waals surface area (Å²) < 4.78 is 0. The number of pyridine rings is 1. The predicted octanol–water partition coefficient (Wildman–Crippen LogP) is 2.21. The number of hydrogen-bond acceptors (Lipinski definition) is 3. The van der Waals surface area contributed by atoms with Gasteiger partial charge >= 0.3 is 0 Å². The molecule has 0 aliphatic heterocycles. The van der Waals surface area contributed by atoms with Gasteiger partial charge in [0.25, 0.3) is 0 Å². The Morgan fingerprint density at radius 3 is 2.42 bits per heavy atom. The molecule has 0 fully saturated rings. The highest BCUT2D eigenvalue weighted by Crippen LogP contribution is 2.10. The van der Waals surface area contributed by atoms with Crippen LogP contribution in [0.25, 0.3) is 0 Å². The number of benzene rings is 1. The van der Waals surface area contributed by atoms with Gasteiger partial charge in [-0.05, 0) is 42.3 Å². The third kappa shape index (κ3) is 4.16. The smallest absolute Gasteiger partial charge is 0.0271 e. The second kappa shape index (κ2) is 7.02. The van der Waals surface area contributed by atoms with Gasteiger partial charge in [0.2, 0.25) is 0 Å². The molecule has 0 amide bonds. The first-order valence-electron chi connectivity index (χ1n) is 6.64. The van der Waals surface area contributed by atoms with E-state index in [-0.39, 0.29) is 0 Å². The molecule has 3 heteroatoms. The number of nitrogens with two attached hydrogens (primary N) is 1. The Morgan fingerprint density at radius 2 is 1.74 bits per heavy atom. The molecule has 19 heavy (non-hydrogen) atoms. The van der Waals surface area contributed by atoms with E-state index in [0.29, 0.717) is 6.54 Å². The molecule has 0 atom stereocenters. The molecule has 1 aromatic heterocycles. The predicted molar refractivity (Wildman–Crippen MR) is 78.6 cm³/mol. The SMILES string of the molecule is CN(CCc1ccccc1CN)Cc1ccncc1. The van der Waals surface area contributed by atoms with Crippen molar-refractivity contribution in [2.24, 2.45) is 5.73 Å². The molecule has 0 aliphatic carbocycles. The van der Waals surface area contributed by atoms with E-state index in [2.05, 4.69) is 47.3 Å². The van der Waals surface area contributed by atoms with Gasteiger partial charge in [-0.15, -0.1) is 0 Å². The summed E-state index contributed by atoms with van der Waals surface area (Å²) in [6.07, 6.45) is 4.72. The molecule has 100 valence electrons. The van der Waals surface area contributed by atoms with Crippen LogP contribution in [0.4, 0.5) is 0 Å². The van der Waals surface area contributed by atoms with Gasteiger partial charge in [0, 0.05) is 32.0 Å². The molecule has 0 spiro atoms. The molecule has 0 bridgehead atoms. The normalized spacial score (nSPS) is 10.9. The van der Waals surface area contributed by atoms with E-state index in [9.17, 15) is 0 Å². The van der Waals surface area contributed by atoms with Crippen molar-refractivity contribution in [3.05, 3.63) is 65.5 Å². The van der Waals surface area contributed by atoms with Crippen LogP contribution in [0, 0.1) is 0 Å².